The summed E-state index contributed by atoms with van der Waals surface area (Å²) in [6, 6.07) is 7.68. The molecule has 0 bridgehead atoms. The molecule has 2 rings (SSSR count). The topological polar surface area (TPSA) is 37.8 Å². The maximum Gasteiger partial charge on any atom is 0.135 e. The molecular weight excluding hydrogens is 253 g/mol. The lowest BCUT2D eigenvalue weighted by Crippen LogP contribution is -2.02. The van der Waals surface area contributed by atoms with E-state index in [0.29, 0.717) is 16.8 Å². The molecule has 0 amide bonds. The molecule has 3 nitrogen and oxygen atoms in total. The highest BCUT2D eigenvalue weighted by molar-refractivity contribution is 6.29. The van der Waals surface area contributed by atoms with Crippen LogP contribution < -0.4 is 5.32 Å². The molecule has 0 aliphatic rings. The molecular formula is C13H13ClFN3. The third kappa shape index (κ3) is 3.17. The number of aromatic nitrogens is 2. The molecule has 0 aliphatic carbocycles. The van der Waals surface area contributed by atoms with Crippen LogP contribution in [0, 0.1) is 5.82 Å². The molecule has 0 saturated heterocycles. The molecule has 1 aromatic heterocycles. The summed E-state index contributed by atoms with van der Waals surface area (Å²) < 4.78 is 12.8. The molecule has 0 saturated carbocycles. The molecule has 0 unspecified atom stereocenters. The van der Waals surface area contributed by atoms with Crippen molar-refractivity contribution in [2.75, 3.05) is 5.32 Å². The first kappa shape index (κ1) is 12.8. The summed E-state index contributed by atoms with van der Waals surface area (Å²) in [4.78, 5) is 8.49. The lowest BCUT2D eigenvalue weighted by atomic mass is 10.2. The van der Waals surface area contributed by atoms with Crippen molar-refractivity contribution in [3.8, 4) is 0 Å². The Balaban J connectivity index is 2.26. The Morgan fingerprint density at radius 2 is 1.83 bits per heavy atom. The number of benzene rings is 1. The quantitative estimate of drug-likeness (QED) is 0.848. The summed E-state index contributed by atoms with van der Waals surface area (Å²) in [6.45, 7) is 3.99. The third-order valence-electron chi connectivity index (χ3n) is 2.35. The summed E-state index contributed by atoms with van der Waals surface area (Å²) >= 11 is 5.93. The van der Waals surface area contributed by atoms with E-state index in [-0.39, 0.29) is 11.7 Å². The zero-order valence-corrected chi connectivity index (χ0v) is 10.9. The van der Waals surface area contributed by atoms with Gasteiger partial charge in [-0.1, -0.05) is 25.4 Å². The molecule has 2 aromatic rings. The Hall–Kier alpha value is -1.68. The number of hydrogen-bond donors (Lipinski definition) is 1. The van der Waals surface area contributed by atoms with Gasteiger partial charge in [-0.2, -0.15) is 0 Å². The monoisotopic (exact) mass is 265 g/mol. The highest BCUT2D eigenvalue weighted by Crippen LogP contribution is 2.20. The maximum atomic E-state index is 12.8. The van der Waals surface area contributed by atoms with Crippen molar-refractivity contribution < 1.29 is 4.39 Å². The van der Waals surface area contributed by atoms with Crippen LogP contribution in [0.25, 0.3) is 0 Å². The highest BCUT2D eigenvalue weighted by Gasteiger charge is 2.07. The van der Waals surface area contributed by atoms with Crippen LogP contribution in [-0.4, -0.2) is 9.97 Å². The minimum atomic E-state index is -0.274. The van der Waals surface area contributed by atoms with E-state index in [9.17, 15) is 4.39 Å². The molecule has 5 heteroatoms. The average molecular weight is 266 g/mol. The van der Waals surface area contributed by atoms with Crippen LogP contribution in [0.4, 0.5) is 15.9 Å². The van der Waals surface area contributed by atoms with Gasteiger partial charge in [0.05, 0.1) is 0 Å². The van der Waals surface area contributed by atoms with Gasteiger partial charge >= 0.3 is 0 Å². The number of hydrogen-bond acceptors (Lipinski definition) is 3. The predicted octanol–water partition coefficient (Wildman–Crippen LogP) is 4.14. The van der Waals surface area contributed by atoms with Crippen LogP contribution in [0.1, 0.15) is 25.6 Å². The van der Waals surface area contributed by atoms with Gasteiger partial charge in [-0.3, -0.25) is 0 Å². The van der Waals surface area contributed by atoms with E-state index in [2.05, 4.69) is 15.3 Å². The average Bonchev–Trinajstić information content (AvgIpc) is 2.31. The van der Waals surface area contributed by atoms with Crippen LogP contribution in [-0.2, 0) is 0 Å². The fourth-order valence-electron chi connectivity index (χ4n) is 1.44. The van der Waals surface area contributed by atoms with Gasteiger partial charge < -0.3 is 5.32 Å². The largest absolute Gasteiger partial charge is 0.340 e. The molecule has 0 atom stereocenters. The first-order chi connectivity index (χ1) is 8.54. The number of nitrogens with zero attached hydrogens (tertiary/aromatic N) is 2. The molecule has 1 N–H and O–H groups in total. The van der Waals surface area contributed by atoms with Crippen LogP contribution in [0.5, 0.6) is 0 Å². The Labute approximate surface area is 110 Å². The van der Waals surface area contributed by atoms with Crippen molar-refractivity contribution in [2.45, 2.75) is 19.8 Å². The van der Waals surface area contributed by atoms with Crippen molar-refractivity contribution in [1.82, 2.24) is 9.97 Å². The van der Waals surface area contributed by atoms with E-state index >= 15 is 0 Å². The van der Waals surface area contributed by atoms with E-state index in [1.165, 1.54) is 12.1 Å². The molecule has 1 aromatic carbocycles. The minimum Gasteiger partial charge on any atom is -0.340 e. The molecule has 94 valence electrons. The van der Waals surface area contributed by atoms with Gasteiger partial charge in [-0.15, -0.1) is 0 Å². The lowest BCUT2D eigenvalue weighted by Gasteiger charge is -2.09. The number of nitrogens with one attached hydrogen (secondary N) is 1. The second-order valence-corrected chi connectivity index (χ2v) is 4.61. The van der Waals surface area contributed by atoms with Gasteiger partial charge in [0.2, 0.25) is 0 Å². The smallest absolute Gasteiger partial charge is 0.135 e. The summed E-state index contributed by atoms with van der Waals surface area (Å²) in [5.74, 6) is 1.19. The Morgan fingerprint density at radius 1 is 1.17 bits per heavy atom. The fourth-order valence-corrected chi connectivity index (χ4v) is 1.63. The summed E-state index contributed by atoms with van der Waals surface area (Å²) in [5, 5.41) is 3.45. The first-order valence-electron chi connectivity index (χ1n) is 5.61. The number of rotatable bonds is 3. The van der Waals surface area contributed by atoms with Gasteiger partial charge in [0, 0.05) is 17.7 Å². The number of anilines is 2. The summed E-state index contributed by atoms with van der Waals surface area (Å²) in [7, 11) is 0. The second kappa shape index (κ2) is 5.31. The second-order valence-electron chi connectivity index (χ2n) is 4.22. The van der Waals surface area contributed by atoms with Crippen molar-refractivity contribution >= 4 is 23.1 Å². The lowest BCUT2D eigenvalue weighted by molar-refractivity contribution is 0.628. The SMILES string of the molecule is CC(C)c1nc(Cl)cc(Nc2ccc(F)cc2)n1. The number of halogens is 2. The van der Waals surface area contributed by atoms with Crippen molar-refractivity contribution in [3.05, 3.63) is 47.1 Å². The standard InChI is InChI=1S/C13H13ClFN3/c1-8(2)13-17-11(14)7-12(18-13)16-10-5-3-9(15)4-6-10/h3-8H,1-2H3,(H,16,17,18). The Morgan fingerprint density at radius 3 is 2.44 bits per heavy atom. The van der Waals surface area contributed by atoms with E-state index in [1.54, 1.807) is 18.2 Å². The van der Waals surface area contributed by atoms with Gasteiger partial charge in [0.25, 0.3) is 0 Å². The van der Waals surface area contributed by atoms with Crippen LogP contribution in [0.2, 0.25) is 5.15 Å². The fraction of sp³-hybridized carbons (Fsp3) is 0.231. The molecule has 0 spiro atoms. The molecule has 0 fully saturated rings. The molecule has 1 heterocycles. The van der Waals surface area contributed by atoms with E-state index in [4.69, 9.17) is 11.6 Å². The van der Waals surface area contributed by atoms with Gasteiger partial charge in [0.1, 0.15) is 22.6 Å². The van der Waals surface area contributed by atoms with Gasteiger partial charge in [-0.05, 0) is 24.3 Å². The van der Waals surface area contributed by atoms with E-state index < -0.39 is 0 Å². The van der Waals surface area contributed by atoms with Crippen molar-refractivity contribution in [1.29, 1.82) is 0 Å². The Kier molecular flexibility index (Phi) is 3.77. The summed E-state index contributed by atoms with van der Waals surface area (Å²) in [6.07, 6.45) is 0. The van der Waals surface area contributed by atoms with Crippen LogP contribution in [0.3, 0.4) is 0 Å². The minimum absolute atomic E-state index is 0.192. The van der Waals surface area contributed by atoms with Crippen molar-refractivity contribution in [3.63, 3.8) is 0 Å². The van der Waals surface area contributed by atoms with Crippen molar-refractivity contribution in [2.24, 2.45) is 0 Å². The Bertz CT molecular complexity index is 540. The summed E-state index contributed by atoms with van der Waals surface area (Å²) in [5.41, 5.74) is 0.751. The van der Waals surface area contributed by atoms with Gasteiger partial charge in [0.15, 0.2) is 0 Å². The normalized spacial score (nSPS) is 10.7. The zero-order chi connectivity index (χ0) is 13.1. The maximum absolute atomic E-state index is 12.8. The predicted molar refractivity (Wildman–Crippen MR) is 70.8 cm³/mol. The van der Waals surface area contributed by atoms with E-state index in [0.717, 1.165) is 5.69 Å². The van der Waals surface area contributed by atoms with Crippen LogP contribution >= 0.6 is 11.6 Å². The zero-order valence-electron chi connectivity index (χ0n) is 10.1. The van der Waals surface area contributed by atoms with Gasteiger partial charge in [-0.25, -0.2) is 14.4 Å². The molecule has 0 radical (unpaired) electrons. The molecule has 0 aliphatic heterocycles. The third-order valence-corrected chi connectivity index (χ3v) is 2.54. The molecule has 18 heavy (non-hydrogen) atoms. The van der Waals surface area contributed by atoms with Crippen LogP contribution in [0.15, 0.2) is 30.3 Å². The first-order valence-corrected chi connectivity index (χ1v) is 5.99. The van der Waals surface area contributed by atoms with E-state index in [1.807, 2.05) is 13.8 Å². The highest BCUT2D eigenvalue weighted by atomic mass is 35.5.